The second-order valence-corrected chi connectivity index (χ2v) is 8.09. The standard InChI is InChI=1S/C24H24N2O3S/c1-26(2,24(25)30)16-11-12-18-19(14-16)23(15-7-5-8-17(13-15)27-3)29-21-10-6-9-20(28-4)22(18)21/h5-14,23H,1-4H3,(H-,25,30)/p+1. The second-order valence-electron chi connectivity index (χ2n) is 7.67. The van der Waals surface area contributed by atoms with E-state index >= 15 is 0 Å². The van der Waals surface area contributed by atoms with E-state index in [-0.39, 0.29) is 6.10 Å². The number of thiocarbonyl (C=S) groups is 1. The van der Waals surface area contributed by atoms with Crippen LogP contribution < -0.4 is 24.4 Å². The van der Waals surface area contributed by atoms with Gasteiger partial charge in [0, 0.05) is 35.5 Å². The molecule has 1 atom stereocenters. The quantitative estimate of drug-likeness (QED) is 0.490. The summed E-state index contributed by atoms with van der Waals surface area (Å²) in [6.07, 6.45) is -0.305. The molecule has 2 N–H and O–H groups in total. The van der Waals surface area contributed by atoms with Crippen molar-refractivity contribution in [2.75, 3.05) is 28.3 Å². The van der Waals surface area contributed by atoms with Crippen LogP contribution in [0.4, 0.5) is 5.69 Å². The Morgan fingerprint density at radius 3 is 2.47 bits per heavy atom. The Balaban J connectivity index is 1.96. The van der Waals surface area contributed by atoms with Crippen molar-refractivity contribution in [1.82, 2.24) is 4.48 Å². The van der Waals surface area contributed by atoms with Crippen LogP contribution in [0.15, 0.2) is 60.7 Å². The number of nitrogens with two attached hydrogens (primary N) is 1. The Bertz CT molecular complexity index is 1130. The van der Waals surface area contributed by atoms with E-state index in [4.69, 9.17) is 32.2 Å². The minimum absolute atomic E-state index is 0.298. The van der Waals surface area contributed by atoms with Crippen molar-refractivity contribution >= 4 is 23.0 Å². The highest BCUT2D eigenvalue weighted by atomic mass is 32.1. The molecule has 0 bridgehead atoms. The summed E-state index contributed by atoms with van der Waals surface area (Å²) in [5.74, 6) is 2.34. The number of fused-ring (bicyclic) bond motifs is 3. The number of methoxy groups -OCH3 is 2. The van der Waals surface area contributed by atoms with E-state index in [9.17, 15) is 0 Å². The van der Waals surface area contributed by atoms with E-state index in [0.29, 0.717) is 9.60 Å². The first-order valence-corrected chi connectivity index (χ1v) is 10.0. The van der Waals surface area contributed by atoms with Gasteiger partial charge in [0.1, 0.15) is 29.0 Å². The summed E-state index contributed by atoms with van der Waals surface area (Å²) in [5.41, 5.74) is 11.0. The number of ether oxygens (including phenoxy) is 3. The number of benzene rings is 3. The second kappa shape index (κ2) is 7.63. The summed E-state index contributed by atoms with van der Waals surface area (Å²) in [4.78, 5) is 0. The molecule has 4 rings (SSSR count). The third-order valence-electron chi connectivity index (χ3n) is 5.63. The van der Waals surface area contributed by atoms with E-state index < -0.39 is 0 Å². The van der Waals surface area contributed by atoms with Gasteiger partial charge in [-0.25, -0.2) is 4.48 Å². The van der Waals surface area contributed by atoms with Crippen molar-refractivity contribution in [2.45, 2.75) is 6.10 Å². The topological polar surface area (TPSA) is 53.7 Å². The fraction of sp³-hybridized carbons (Fsp3) is 0.208. The lowest BCUT2D eigenvalue weighted by Gasteiger charge is -2.32. The molecule has 5 nitrogen and oxygen atoms in total. The summed E-state index contributed by atoms with van der Waals surface area (Å²) in [7, 11) is 7.28. The van der Waals surface area contributed by atoms with Gasteiger partial charge in [0.15, 0.2) is 0 Å². The van der Waals surface area contributed by atoms with Crippen LogP contribution >= 0.6 is 12.2 Å². The van der Waals surface area contributed by atoms with E-state index in [1.807, 2.05) is 56.6 Å². The van der Waals surface area contributed by atoms with Gasteiger partial charge in [-0.05, 0) is 35.9 Å². The summed E-state index contributed by atoms with van der Waals surface area (Å²) >= 11 is 5.31. The minimum atomic E-state index is -0.305. The summed E-state index contributed by atoms with van der Waals surface area (Å²) in [5, 5.41) is 0.391. The van der Waals surface area contributed by atoms with Gasteiger partial charge in [-0.3, -0.25) is 0 Å². The molecular formula is C24H25N2O3S+. The van der Waals surface area contributed by atoms with Crippen molar-refractivity contribution in [2.24, 2.45) is 5.73 Å². The van der Waals surface area contributed by atoms with Gasteiger partial charge in [0.2, 0.25) is 0 Å². The maximum Gasteiger partial charge on any atom is 0.272 e. The van der Waals surface area contributed by atoms with E-state index in [0.717, 1.165) is 45.2 Å². The summed E-state index contributed by atoms with van der Waals surface area (Å²) < 4.78 is 17.9. The highest BCUT2D eigenvalue weighted by Gasteiger charge is 2.33. The molecule has 0 aliphatic carbocycles. The predicted octanol–water partition coefficient (Wildman–Crippen LogP) is 4.66. The van der Waals surface area contributed by atoms with Crippen molar-refractivity contribution in [3.05, 3.63) is 71.8 Å². The zero-order valence-corrected chi connectivity index (χ0v) is 18.3. The first-order chi connectivity index (χ1) is 14.4. The smallest absolute Gasteiger partial charge is 0.272 e. The van der Waals surface area contributed by atoms with Crippen LogP contribution in [0.1, 0.15) is 17.2 Å². The fourth-order valence-corrected chi connectivity index (χ4v) is 3.86. The SMILES string of the molecule is COc1cccc(C2Oc3cccc(OC)c3-c3ccc([N+](C)(C)C(N)=S)cc32)c1. The van der Waals surface area contributed by atoms with Gasteiger partial charge in [0.05, 0.1) is 33.9 Å². The molecule has 1 unspecified atom stereocenters. The Hall–Kier alpha value is -3.09. The van der Waals surface area contributed by atoms with Crippen molar-refractivity contribution in [1.29, 1.82) is 0 Å². The molecule has 3 aromatic rings. The van der Waals surface area contributed by atoms with Gasteiger partial charge in [-0.15, -0.1) is 0 Å². The van der Waals surface area contributed by atoms with Gasteiger partial charge in [0.25, 0.3) is 5.11 Å². The van der Waals surface area contributed by atoms with Crippen LogP contribution in [0.2, 0.25) is 0 Å². The average molecular weight is 422 g/mol. The first kappa shape index (κ1) is 20.2. The molecule has 1 aliphatic rings. The van der Waals surface area contributed by atoms with Crippen LogP contribution in [0.25, 0.3) is 11.1 Å². The molecule has 6 heteroatoms. The van der Waals surface area contributed by atoms with Crippen LogP contribution in [-0.2, 0) is 0 Å². The lowest BCUT2D eigenvalue weighted by Crippen LogP contribution is -2.50. The van der Waals surface area contributed by atoms with Crippen LogP contribution in [0, 0.1) is 0 Å². The molecular weight excluding hydrogens is 396 g/mol. The molecule has 1 heterocycles. The molecule has 154 valence electrons. The van der Waals surface area contributed by atoms with E-state index in [1.54, 1.807) is 14.2 Å². The van der Waals surface area contributed by atoms with Crippen LogP contribution in [0.3, 0.4) is 0 Å². The van der Waals surface area contributed by atoms with Gasteiger partial charge in [-0.2, -0.15) is 0 Å². The summed E-state index contributed by atoms with van der Waals surface area (Å²) in [6.45, 7) is 0. The molecule has 0 saturated heterocycles. The molecule has 0 saturated carbocycles. The van der Waals surface area contributed by atoms with E-state index in [1.165, 1.54) is 0 Å². The van der Waals surface area contributed by atoms with Gasteiger partial charge >= 0.3 is 0 Å². The first-order valence-electron chi connectivity index (χ1n) is 9.63. The van der Waals surface area contributed by atoms with Gasteiger partial charge < -0.3 is 19.9 Å². The third-order valence-corrected chi connectivity index (χ3v) is 6.09. The third kappa shape index (κ3) is 3.28. The normalized spacial score (nSPS) is 14.9. The number of quaternary nitrogens is 1. The maximum atomic E-state index is 6.51. The lowest BCUT2D eigenvalue weighted by atomic mass is 9.88. The molecule has 1 aliphatic heterocycles. The Morgan fingerprint density at radius 1 is 1.00 bits per heavy atom. The summed E-state index contributed by atoms with van der Waals surface area (Å²) in [6, 6.07) is 20.1. The van der Waals surface area contributed by atoms with E-state index in [2.05, 4.69) is 18.2 Å². The molecule has 3 aromatic carbocycles. The number of rotatable bonds is 4. The largest absolute Gasteiger partial charge is 0.497 e. The number of nitrogens with zero attached hydrogens (tertiary/aromatic N) is 1. The molecule has 0 radical (unpaired) electrons. The Morgan fingerprint density at radius 2 is 1.77 bits per heavy atom. The van der Waals surface area contributed by atoms with Crippen LogP contribution in [-0.4, -0.2) is 33.4 Å². The molecule has 0 spiro atoms. The predicted molar refractivity (Wildman–Crippen MR) is 124 cm³/mol. The van der Waals surface area contributed by atoms with Crippen molar-refractivity contribution in [3.8, 4) is 28.4 Å². The number of hydrogen-bond acceptors (Lipinski definition) is 4. The monoisotopic (exact) mass is 421 g/mol. The van der Waals surface area contributed by atoms with Crippen molar-refractivity contribution in [3.63, 3.8) is 0 Å². The molecule has 0 fully saturated rings. The van der Waals surface area contributed by atoms with Gasteiger partial charge in [-0.1, -0.05) is 18.2 Å². The molecule has 30 heavy (non-hydrogen) atoms. The maximum absolute atomic E-state index is 6.51. The van der Waals surface area contributed by atoms with Crippen LogP contribution in [0.5, 0.6) is 17.2 Å². The number of hydrogen-bond donors (Lipinski definition) is 1. The molecule has 0 aromatic heterocycles. The lowest BCUT2D eigenvalue weighted by molar-refractivity contribution is 0.241. The Kier molecular flexibility index (Phi) is 5.13. The fourth-order valence-electron chi connectivity index (χ4n) is 3.76. The Labute approximate surface area is 182 Å². The minimum Gasteiger partial charge on any atom is -0.497 e. The average Bonchev–Trinajstić information content (AvgIpc) is 2.77. The highest BCUT2D eigenvalue weighted by Crippen LogP contribution is 2.50. The van der Waals surface area contributed by atoms with Crippen molar-refractivity contribution < 1.29 is 14.2 Å². The highest BCUT2D eigenvalue weighted by molar-refractivity contribution is 7.80. The zero-order chi connectivity index (χ0) is 21.5. The zero-order valence-electron chi connectivity index (χ0n) is 17.5. The molecule has 0 amide bonds.